The molecule has 0 unspecified atom stereocenters. The fourth-order valence-corrected chi connectivity index (χ4v) is 3.53. The fourth-order valence-electron chi connectivity index (χ4n) is 2.81. The van der Waals surface area contributed by atoms with Gasteiger partial charge in [0, 0.05) is 24.5 Å². The molecule has 6 heteroatoms. The molecule has 146 valence electrons. The first-order valence-corrected chi connectivity index (χ1v) is 10.2. The molecule has 0 atom stereocenters. The zero-order chi connectivity index (χ0) is 19.6. The minimum absolute atomic E-state index is 0.0424. The van der Waals surface area contributed by atoms with Crippen molar-refractivity contribution in [2.24, 2.45) is 5.92 Å². The van der Waals surface area contributed by atoms with Crippen LogP contribution in [0.25, 0.3) is 0 Å². The highest BCUT2D eigenvalue weighted by Gasteiger charge is 2.22. The first-order chi connectivity index (χ1) is 13.0. The number of nitrogens with zero attached hydrogens (tertiary/aromatic N) is 2. The Morgan fingerprint density at radius 3 is 2.37 bits per heavy atom. The van der Waals surface area contributed by atoms with Crippen molar-refractivity contribution in [3.05, 3.63) is 58.3 Å². The van der Waals surface area contributed by atoms with Crippen LogP contribution in [0.4, 0.5) is 4.79 Å². The van der Waals surface area contributed by atoms with Gasteiger partial charge in [-0.2, -0.15) is 0 Å². The number of thiophene rings is 1. The van der Waals surface area contributed by atoms with Crippen LogP contribution in [0.15, 0.2) is 47.8 Å². The first-order valence-electron chi connectivity index (χ1n) is 9.36. The Morgan fingerprint density at radius 2 is 1.78 bits per heavy atom. The van der Waals surface area contributed by atoms with Crippen molar-refractivity contribution in [3.63, 3.8) is 0 Å². The van der Waals surface area contributed by atoms with Crippen LogP contribution >= 0.6 is 11.3 Å². The largest absolute Gasteiger partial charge is 0.338 e. The third-order valence-electron chi connectivity index (χ3n) is 4.02. The highest BCUT2D eigenvalue weighted by molar-refractivity contribution is 7.09. The van der Waals surface area contributed by atoms with Gasteiger partial charge in [-0.05, 0) is 29.9 Å². The summed E-state index contributed by atoms with van der Waals surface area (Å²) in [6.07, 6.45) is 0. The second-order valence-electron chi connectivity index (χ2n) is 6.92. The lowest BCUT2D eigenvalue weighted by Crippen LogP contribution is -2.47. The summed E-state index contributed by atoms with van der Waals surface area (Å²) < 4.78 is 0. The molecular weight excluding hydrogens is 358 g/mol. The van der Waals surface area contributed by atoms with Crippen molar-refractivity contribution in [1.82, 2.24) is 15.1 Å². The van der Waals surface area contributed by atoms with Crippen LogP contribution in [0.5, 0.6) is 0 Å². The number of hydrogen-bond donors (Lipinski definition) is 1. The van der Waals surface area contributed by atoms with Crippen molar-refractivity contribution in [1.29, 1.82) is 0 Å². The van der Waals surface area contributed by atoms with E-state index in [4.69, 9.17) is 0 Å². The van der Waals surface area contributed by atoms with Crippen LogP contribution in [0.2, 0.25) is 0 Å². The molecule has 0 saturated heterocycles. The molecule has 0 aliphatic carbocycles. The zero-order valence-electron chi connectivity index (χ0n) is 16.4. The maximum Gasteiger partial charge on any atom is 0.317 e. The smallest absolute Gasteiger partial charge is 0.317 e. The van der Waals surface area contributed by atoms with E-state index >= 15 is 0 Å². The van der Waals surface area contributed by atoms with Gasteiger partial charge in [0.25, 0.3) is 0 Å². The maximum atomic E-state index is 13.1. The summed E-state index contributed by atoms with van der Waals surface area (Å²) in [5, 5.41) is 4.82. The second kappa shape index (κ2) is 10.7. The van der Waals surface area contributed by atoms with Gasteiger partial charge in [-0.1, -0.05) is 50.2 Å². The quantitative estimate of drug-likeness (QED) is 0.708. The molecule has 1 N–H and O–H groups in total. The molecule has 0 fully saturated rings. The van der Waals surface area contributed by atoms with E-state index in [2.05, 4.69) is 5.32 Å². The van der Waals surface area contributed by atoms with Crippen molar-refractivity contribution < 1.29 is 9.59 Å². The average Bonchev–Trinajstić information content (AvgIpc) is 3.14. The van der Waals surface area contributed by atoms with Crippen molar-refractivity contribution in [3.8, 4) is 0 Å². The maximum absolute atomic E-state index is 13.1. The summed E-state index contributed by atoms with van der Waals surface area (Å²) in [7, 11) is 0. The molecule has 0 bridgehead atoms. The zero-order valence-corrected chi connectivity index (χ0v) is 17.2. The number of carbonyl (C=O) groups excluding carboxylic acids is 2. The summed E-state index contributed by atoms with van der Waals surface area (Å²) in [5.74, 6) is 0.249. The monoisotopic (exact) mass is 387 g/mol. The molecule has 27 heavy (non-hydrogen) atoms. The summed E-state index contributed by atoms with van der Waals surface area (Å²) in [6.45, 7) is 8.24. The van der Waals surface area contributed by atoms with E-state index in [-0.39, 0.29) is 18.5 Å². The number of rotatable bonds is 9. The fraction of sp³-hybridized carbons (Fsp3) is 0.429. The van der Waals surface area contributed by atoms with Crippen LogP contribution < -0.4 is 5.32 Å². The molecule has 0 radical (unpaired) electrons. The van der Waals surface area contributed by atoms with Gasteiger partial charge in [0.2, 0.25) is 5.91 Å². The number of benzene rings is 1. The van der Waals surface area contributed by atoms with Gasteiger partial charge < -0.3 is 15.1 Å². The number of carbonyl (C=O) groups is 2. The number of hydrogen-bond acceptors (Lipinski definition) is 3. The summed E-state index contributed by atoms with van der Waals surface area (Å²) in [4.78, 5) is 30.0. The van der Waals surface area contributed by atoms with Crippen LogP contribution in [0, 0.1) is 5.92 Å². The second-order valence-corrected chi connectivity index (χ2v) is 7.96. The van der Waals surface area contributed by atoms with Crippen molar-refractivity contribution >= 4 is 23.3 Å². The Morgan fingerprint density at radius 1 is 1.04 bits per heavy atom. The number of nitrogens with one attached hydrogen (secondary N) is 1. The van der Waals surface area contributed by atoms with Crippen molar-refractivity contribution in [2.75, 3.05) is 19.6 Å². The van der Waals surface area contributed by atoms with E-state index in [1.54, 1.807) is 16.2 Å². The Bertz CT molecular complexity index is 701. The minimum atomic E-state index is -0.185. The van der Waals surface area contributed by atoms with Gasteiger partial charge in [0.05, 0.1) is 6.54 Å². The third-order valence-corrected chi connectivity index (χ3v) is 4.88. The molecule has 2 aromatic rings. The van der Waals surface area contributed by atoms with Gasteiger partial charge in [-0.15, -0.1) is 11.3 Å². The van der Waals surface area contributed by atoms with E-state index in [1.807, 2.05) is 73.5 Å². The molecule has 0 aliphatic rings. The lowest BCUT2D eigenvalue weighted by atomic mass is 10.2. The molecule has 2 rings (SSSR count). The molecular formula is C21H29N3O2S. The van der Waals surface area contributed by atoms with Crippen LogP contribution in [0.3, 0.4) is 0 Å². The lowest BCUT2D eigenvalue weighted by molar-refractivity contribution is -0.133. The van der Waals surface area contributed by atoms with Gasteiger partial charge in [0.15, 0.2) is 0 Å². The average molecular weight is 388 g/mol. The Balaban J connectivity index is 2.13. The third kappa shape index (κ3) is 7.06. The van der Waals surface area contributed by atoms with Gasteiger partial charge >= 0.3 is 6.03 Å². The molecule has 1 aromatic heterocycles. The highest BCUT2D eigenvalue weighted by atomic mass is 32.1. The van der Waals surface area contributed by atoms with Crippen molar-refractivity contribution in [2.45, 2.75) is 33.9 Å². The van der Waals surface area contributed by atoms with E-state index in [0.717, 1.165) is 10.4 Å². The standard InChI is InChI=1S/C21H29N3O2S/c1-4-22-21(26)24(13-17(2)3)16-20(25)23(15-19-11-8-12-27-19)14-18-9-6-5-7-10-18/h5-12,17H,4,13-16H2,1-3H3,(H,22,26). The Labute approximate surface area is 166 Å². The molecule has 0 spiro atoms. The molecule has 1 heterocycles. The van der Waals surface area contributed by atoms with Gasteiger partial charge in [0.1, 0.15) is 6.54 Å². The molecule has 5 nitrogen and oxygen atoms in total. The SMILES string of the molecule is CCNC(=O)N(CC(=O)N(Cc1ccccc1)Cc1cccs1)CC(C)C. The van der Waals surface area contributed by atoms with Crippen LogP contribution in [0.1, 0.15) is 31.2 Å². The van der Waals surface area contributed by atoms with Gasteiger partial charge in [-0.3, -0.25) is 4.79 Å². The van der Waals surface area contributed by atoms with Crippen LogP contribution in [-0.4, -0.2) is 41.4 Å². The predicted octanol–water partition coefficient (Wildman–Crippen LogP) is 3.96. The van der Waals surface area contributed by atoms with Crippen LogP contribution in [-0.2, 0) is 17.9 Å². The Hall–Kier alpha value is -2.34. The molecule has 0 saturated carbocycles. The highest BCUT2D eigenvalue weighted by Crippen LogP contribution is 2.15. The Kier molecular flexibility index (Phi) is 8.33. The van der Waals surface area contributed by atoms with E-state index in [0.29, 0.717) is 32.1 Å². The summed E-state index contributed by atoms with van der Waals surface area (Å²) in [5.41, 5.74) is 1.08. The summed E-state index contributed by atoms with van der Waals surface area (Å²) >= 11 is 1.64. The normalized spacial score (nSPS) is 10.7. The minimum Gasteiger partial charge on any atom is -0.338 e. The van der Waals surface area contributed by atoms with E-state index < -0.39 is 0 Å². The van der Waals surface area contributed by atoms with E-state index in [9.17, 15) is 9.59 Å². The molecule has 3 amide bonds. The lowest BCUT2D eigenvalue weighted by Gasteiger charge is -2.28. The molecule has 0 aliphatic heterocycles. The van der Waals surface area contributed by atoms with E-state index in [1.165, 1.54) is 0 Å². The summed E-state index contributed by atoms with van der Waals surface area (Å²) in [6, 6.07) is 13.8. The van der Waals surface area contributed by atoms with Gasteiger partial charge in [-0.25, -0.2) is 4.79 Å². The predicted molar refractivity (Wildman–Crippen MR) is 110 cm³/mol. The number of amides is 3. The number of urea groups is 1. The topological polar surface area (TPSA) is 52.7 Å². The molecule has 1 aromatic carbocycles. The first kappa shape index (κ1) is 21.0.